The third-order valence-corrected chi connectivity index (χ3v) is 2.55. The largest absolute Gasteiger partial charge is 0.326 e. The molecule has 0 aliphatic carbocycles. The molecular formula is C11H13N3. The molecule has 0 aliphatic rings. The SMILES string of the molecule is Cc1nnc2ccc(CN)cc2c1C. The summed E-state index contributed by atoms with van der Waals surface area (Å²) in [7, 11) is 0. The lowest BCUT2D eigenvalue weighted by molar-refractivity contribution is 0.996. The van der Waals surface area contributed by atoms with E-state index in [0.717, 1.165) is 22.2 Å². The maximum absolute atomic E-state index is 5.59. The van der Waals surface area contributed by atoms with Crippen LogP contribution in [0.4, 0.5) is 0 Å². The predicted molar refractivity (Wildman–Crippen MR) is 56.9 cm³/mol. The number of hydrogen-bond donors (Lipinski definition) is 1. The molecular weight excluding hydrogens is 174 g/mol. The van der Waals surface area contributed by atoms with Crippen LogP contribution in [0.5, 0.6) is 0 Å². The van der Waals surface area contributed by atoms with E-state index in [1.165, 1.54) is 5.56 Å². The molecule has 3 nitrogen and oxygen atoms in total. The van der Waals surface area contributed by atoms with Crippen molar-refractivity contribution in [3.8, 4) is 0 Å². The molecule has 0 unspecified atom stereocenters. The topological polar surface area (TPSA) is 51.8 Å². The first-order valence-corrected chi connectivity index (χ1v) is 4.65. The molecule has 0 bridgehead atoms. The van der Waals surface area contributed by atoms with Gasteiger partial charge in [-0.05, 0) is 37.1 Å². The highest BCUT2D eigenvalue weighted by atomic mass is 15.1. The summed E-state index contributed by atoms with van der Waals surface area (Å²) in [5, 5.41) is 9.36. The van der Waals surface area contributed by atoms with E-state index in [0.29, 0.717) is 6.54 Å². The lowest BCUT2D eigenvalue weighted by Crippen LogP contribution is -1.98. The summed E-state index contributed by atoms with van der Waals surface area (Å²) in [6, 6.07) is 6.05. The number of nitrogens with zero attached hydrogens (tertiary/aromatic N) is 2. The van der Waals surface area contributed by atoms with Gasteiger partial charge in [0.15, 0.2) is 0 Å². The van der Waals surface area contributed by atoms with Crippen molar-refractivity contribution in [2.24, 2.45) is 5.73 Å². The molecule has 14 heavy (non-hydrogen) atoms. The van der Waals surface area contributed by atoms with Gasteiger partial charge >= 0.3 is 0 Å². The van der Waals surface area contributed by atoms with Gasteiger partial charge in [0.2, 0.25) is 0 Å². The predicted octanol–water partition coefficient (Wildman–Crippen LogP) is 1.71. The maximum atomic E-state index is 5.59. The first-order valence-electron chi connectivity index (χ1n) is 4.65. The van der Waals surface area contributed by atoms with Crippen LogP contribution >= 0.6 is 0 Å². The van der Waals surface area contributed by atoms with Crippen LogP contribution in [0, 0.1) is 13.8 Å². The minimum absolute atomic E-state index is 0.566. The Morgan fingerprint density at radius 2 is 2.00 bits per heavy atom. The highest BCUT2D eigenvalue weighted by Gasteiger charge is 2.03. The Balaban J connectivity index is 2.78. The standard InChI is InChI=1S/C11H13N3/c1-7-8(2)13-14-11-4-3-9(6-12)5-10(7)11/h3-5H,6,12H2,1-2H3. The second kappa shape index (κ2) is 3.35. The molecule has 0 amide bonds. The van der Waals surface area contributed by atoms with E-state index >= 15 is 0 Å². The Morgan fingerprint density at radius 3 is 2.71 bits per heavy atom. The van der Waals surface area contributed by atoms with Crippen LogP contribution in [-0.4, -0.2) is 10.2 Å². The van der Waals surface area contributed by atoms with Gasteiger partial charge < -0.3 is 5.73 Å². The van der Waals surface area contributed by atoms with Crippen LogP contribution in [-0.2, 0) is 6.54 Å². The molecule has 0 fully saturated rings. The zero-order valence-electron chi connectivity index (χ0n) is 8.41. The zero-order chi connectivity index (χ0) is 10.1. The Morgan fingerprint density at radius 1 is 1.21 bits per heavy atom. The minimum Gasteiger partial charge on any atom is -0.326 e. The number of rotatable bonds is 1. The zero-order valence-corrected chi connectivity index (χ0v) is 8.41. The summed E-state index contributed by atoms with van der Waals surface area (Å²) in [6.07, 6.45) is 0. The second-order valence-corrected chi connectivity index (χ2v) is 3.47. The molecule has 0 spiro atoms. The van der Waals surface area contributed by atoms with E-state index in [-0.39, 0.29) is 0 Å². The highest BCUT2D eigenvalue weighted by molar-refractivity contribution is 5.82. The molecule has 2 aromatic rings. The fraction of sp³-hybridized carbons (Fsp3) is 0.273. The van der Waals surface area contributed by atoms with Crippen molar-refractivity contribution in [2.45, 2.75) is 20.4 Å². The number of hydrogen-bond acceptors (Lipinski definition) is 3. The van der Waals surface area contributed by atoms with E-state index < -0.39 is 0 Å². The Labute approximate surface area is 83.0 Å². The molecule has 0 saturated carbocycles. The van der Waals surface area contributed by atoms with Crippen LogP contribution in [0.25, 0.3) is 10.9 Å². The number of benzene rings is 1. The molecule has 3 heteroatoms. The average Bonchev–Trinajstić information content (AvgIpc) is 2.23. The number of fused-ring (bicyclic) bond motifs is 1. The van der Waals surface area contributed by atoms with E-state index in [4.69, 9.17) is 5.73 Å². The van der Waals surface area contributed by atoms with E-state index in [1.54, 1.807) is 0 Å². The van der Waals surface area contributed by atoms with Gasteiger partial charge in [0, 0.05) is 11.9 Å². The molecule has 1 aromatic carbocycles. The van der Waals surface area contributed by atoms with Gasteiger partial charge in [-0.25, -0.2) is 0 Å². The molecule has 1 aromatic heterocycles. The van der Waals surface area contributed by atoms with Gasteiger partial charge in [0.1, 0.15) is 0 Å². The van der Waals surface area contributed by atoms with Gasteiger partial charge in [-0.3, -0.25) is 0 Å². The smallest absolute Gasteiger partial charge is 0.0932 e. The number of aromatic nitrogens is 2. The molecule has 0 saturated heterocycles. The van der Waals surface area contributed by atoms with Crippen molar-refractivity contribution < 1.29 is 0 Å². The monoisotopic (exact) mass is 187 g/mol. The van der Waals surface area contributed by atoms with Crippen molar-refractivity contribution in [3.05, 3.63) is 35.0 Å². The molecule has 0 aliphatic heterocycles. The summed E-state index contributed by atoms with van der Waals surface area (Å²) in [4.78, 5) is 0. The van der Waals surface area contributed by atoms with Gasteiger partial charge in [0.25, 0.3) is 0 Å². The Hall–Kier alpha value is -1.48. The third kappa shape index (κ3) is 1.36. The van der Waals surface area contributed by atoms with Crippen LogP contribution < -0.4 is 5.73 Å². The summed E-state index contributed by atoms with van der Waals surface area (Å²) in [5.74, 6) is 0. The van der Waals surface area contributed by atoms with Crippen molar-refractivity contribution in [1.29, 1.82) is 0 Å². The van der Waals surface area contributed by atoms with Crippen LogP contribution in [0.1, 0.15) is 16.8 Å². The average molecular weight is 187 g/mol. The third-order valence-electron chi connectivity index (χ3n) is 2.55. The quantitative estimate of drug-likeness (QED) is 0.739. The molecule has 0 radical (unpaired) electrons. The van der Waals surface area contributed by atoms with E-state index in [2.05, 4.69) is 23.2 Å². The number of nitrogens with two attached hydrogens (primary N) is 1. The molecule has 0 atom stereocenters. The van der Waals surface area contributed by atoms with E-state index in [1.807, 2.05) is 19.1 Å². The van der Waals surface area contributed by atoms with Gasteiger partial charge in [-0.1, -0.05) is 6.07 Å². The molecule has 2 N–H and O–H groups in total. The summed E-state index contributed by atoms with van der Waals surface area (Å²) in [6.45, 7) is 4.60. The molecule has 2 rings (SSSR count). The van der Waals surface area contributed by atoms with Gasteiger partial charge in [-0.2, -0.15) is 10.2 Å². The number of aryl methyl sites for hydroxylation is 2. The van der Waals surface area contributed by atoms with Gasteiger partial charge in [0.05, 0.1) is 11.2 Å². The van der Waals surface area contributed by atoms with Crippen LogP contribution in [0.15, 0.2) is 18.2 Å². The van der Waals surface area contributed by atoms with Crippen molar-refractivity contribution >= 4 is 10.9 Å². The Bertz CT molecular complexity index is 477. The fourth-order valence-electron chi connectivity index (χ4n) is 1.50. The van der Waals surface area contributed by atoms with Crippen molar-refractivity contribution in [2.75, 3.05) is 0 Å². The highest BCUT2D eigenvalue weighted by Crippen LogP contribution is 2.18. The summed E-state index contributed by atoms with van der Waals surface area (Å²) in [5.41, 5.74) is 9.82. The summed E-state index contributed by atoms with van der Waals surface area (Å²) >= 11 is 0. The molecule has 1 heterocycles. The fourth-order valence-corrected chi connectivity index (χ4v) is 1.50. The first-order chi connectivity index (χ1) is 6.72. The van der Waals surface area contributed by atoms with Crippen molar-refractivity contribution in [3.63, 3.8) is 0 Å². The summed E-state index contributed by atoms with van der Waals surface area (Å²) < 4.78 is 0. The normalized spacial score (nSPS) is 10.8. The second-order valence-electron chi connectivity index (χ2n) is 3.47. The van der Waals surface area contributed by atoms with Crippen LogP contribution in [0.3, 0.4) is 0 Å². The molecule has 72 valence electrons. The van der Waals surface area contributed by atoms with Crippen molar-refractivity contribution in [1.82, 2.24) is 10.2 Å². The van der Waals surface area contributed by atoms with E-state index in [9.17, 15) is 0 Å². The van der Waals surface area contributed by atoms with Crippen LogP contribution in [0.2, 0.25) is 0 Å². The lowest BCUT2D eigenvalue weighted by atomic mass is 10.1. The first kappa shape index (κ1) is 9.09. The maximum Gasteiger partial charge on any atom is 0.0932 e. The Kier molecular flexibility index (Phi) is 2.17. The van der Waals surface area contributed by atoms with Gasteiger partial charge in [-0.15, -0.1) is 0 Å². The lowest BCUT2D eigenvalue weighted by Gasteiger charge is -2.04. The minimum atomic E-state index is 0.566.